The maximum absolute atomic E-state index is 14.9. The van der Waals surface area contributed by atoms with E-state index in [1.807, 2.05) is 13.8 Å². The third kappa shape index (κ3) is 6.34. The first-order valence-electron chi connectivity index (χ1n) is 11.6. The summed E-state index contributed by atoms with van der Waals surface area (Å²) in [5.41, 5.74) is 1.42. The predicted molar refractivity (Wildman–Crippen MR) is 143 cm³/mol. The minimum absolute atomic E-state index is 0.0181. The third-order valence-electron chi connectivity index (χ3n) is 5.32. The molecule has 1 N–H and O–H groups in total. The Kier molecular flexibility index (Phi) is 9.17. The molecular formula is C25H29F2N7O3S. The molecule has 0 unspecified atom stereocenters. The Balaban J connectivity index is 2.14. The fourth-order valence-corrected chi connectivity index (χ4v) is 4.61. The Labute approximate surface area is 220 Å². The van der Waals surface area contributed by atoms with Crippen molar-refractivity contribution in [1.82, 2.24) is 19.7 Å². The van der Waals surface area contributed by atoms with Gasteiger partial charge in [0.15, 0.2) is 11.7 Å². The van der Waals surface area contributed by atoms with Crippen LogP contribution in [0.25, 0.3) is 17.1 Å². The normalized spacial score (nSPS) is 13.6. The van der Waals surface area contributed by atoms with Crippen molar-refractivity contribution in [3.63, 3.8) is 0 Å². The zero-order chi connectivity index (χ0) is 28.0. The van der Waals surface area contributed by atoms with Crippen molar-refractivity contribution < 1.29 is 21.9 Å². The standard InChI is InChI=1S/C25H29F2N7O3S/c1-7-37-22(23(28-6)30-12-15(2)3)17(5)38(35,36)33-25-32-31-24(18-11-16(4)13-29-14-18)34(25)21-19(26)9-8-10-20(21)27/h8-14,17,22H,6-7H2,1-5H3,(H,32,33)/b30-23-/t17-,22-/m1/s1. The highest BCUT2D eigenvalue weighted by Gasteiger charge is 2.35. The van der Waals surface area contributed by atoms with Gasteiger partial charge in [0, 0.05) is 30.8 Å². The van der Waals surface area contributed by atoms with Crippen LogP contribution < -0.4 is 4.72 Å². The van der Waals surface area contributed by atoms with Crippen molar-refractivity contribution in [2.45, 2.75) is 46.0 Å². The summed E-state index contributed by atoms with van der Waals surface area (Å²) in [4.78, 5) is 12.2. The second-order valence-electron chi connectivity index (χ2n) is 8.58. The van der Waals surface area contributed by atoms with Crippen LogP contribution in [0.1, 0.15) is 33.3 Å². The van der Waals surface area contributed by atoms with Gasteiger partial charge in [0.2, 0.25) is 16.0 Å². The van der Waals surface area contributed by atoms with Gasteiger partial charge < -0.3 is 4.74 Å². The molecule has 0 fully saturated rings. The number of ether oxygens (including phenoxy) is 1. The summed E-state index contributed by atoms with van der Waals surface area (Å²) >= 11 is 0. The molecule has 0 spiro atoms. The molecule has 1 aromatic carbocycles. The molecule has 2 heterocycles. The topological polar surface area (TPSA) is 124 Å². The molecule has 38 heavy (non-hydrogen) atoms. The second kappa shape index (κ2) is 12.1. The third-order valence-corrected chi connectivity index (χ3v) is 7.02. The van der Waals surface area contributed by atoms with E-state index in [1.54, 1.807) is 26.1 Å². The lowest BCUT2D eigenvalue weighted by Gasteiger charge is -2.23. The molecule has 2 aromatic heterocycles. The first-order valence-corrected chi connectivity index (χ1v) is 13.2. The molecule has 3 aromatic rings. The van der Waals surface area contributed by atoms with Crippen LogP contribution in [0, 0.1) is 18.6 Å². The number of para-hydroxylation sites is 1. The Morgan fingerprint density at radius 1 is 1.24 bits per heavy atom. The van der Waals surface area contributed by atoms with Gasteiger partial charge in [-0.05, 0) is 65.1 Å². The van der Waals surface area contributed by atoms with Crippen molar-refractivity contribution in [1.29, 1.82) is 0 Å². The Morgan fingerprint density at radius 3 is 2.50 bits per heavy atom. The van der Waals surface area contributed by atoms with Crippen molar-refractivity contribution in [3.8, 4) is 17.1 Å². The lowest BCUT2D eigenvalue weighted by Crippen LogP contribution is -2.42. The summed E-state index contributed by atoms with van der Waals surface area (Å²) in [5.74, 6) is -2.28. The lowest BCUT2D eigenvalue weighted by atomic mass is 10.2. The van der Waals surface area contributed by atoms with Crippen LogP contribution in [0.2, 0.25) is 0 Å². The highest BCUT2D eigenvalue weighted by atomic mass is 32.2. The second-order valence-corrected chi connectivity index (χ2v) is 10.6. The number of nitrogens with zero attached hydrogens (tertiary/aromatic N) is 6. The first-order chi connectivity index (χ1) is 18.0. The zero-order valence-electron chi connectivity index (χ0n) is 21.7. The Bertz CT molecular complexity index is 1460. The van der Waals surface area contributed by atoms with E-state index in [1.165, 1.54) is 25.4 Å². The van der Waals surface area contributed by atoms with Gasteiger partial charge in [0.25, 0.3) is 0 Å². The maximum Gasteiger partial charge on any atom is 0.243 e. The number of allylic oxidation sites excluding steroid dienone is 1. The number of sulfonamides is 1. The number of aliphatic imine (C=N–C) groups is 2. The Morgan fingerprint density at radius 2 is 1.92 bits per heavy atom. The van der Waals surface area contributed by atoms with Crippen molar-refractivity contribution in [2.24, 2.45) is 9.98 Å². The fraction of sp³-hybridized carbons (Fsp3) is 0.320. The molecule has 0 radical (unpaired) electrons. The van der Waals surface area contributed by atoms with Crippen LogP contribution >= 0.6 is 0 Å². The van der Waals surface area contributed by atoms with E-state index in [0.717, 1.165) is 27.8 Å². The number of hydrogen-bond donors (Lipinski definition) is 1. The number of hydrogen-bond acceptors (Lipinski definition) is 7. The van der Waals surface area contributed by atoms with Gasteiger partial charge in [-0.25, -0.2) is 27.2 Å². The number of pyridine rings is 1. The molecule has 0 aliphatic carbocycles. The fourth-order valence-electron chi connectivity index (χ4n) is 3.51. The predicted octanol–water partition coefficient (Wildman–Crippen LogP) is 4.47. The quantitative estimate of drug-likeness (QED) is 0.296. The van der Waals surface area contributed by atoms with Crippen LogP contribution in [0.5, 0.6) is 0 Å². The summed E-state index contributed by atoms with van der Waals surface area (Å²) in [6, 6.07) is 4.97. The van der Waals surface area contributed by atoms with E-state index in [2.05, 4.69) is 36.6 Å². The number of aryl methyl sites for hydroxylation is 1. The van der Waals surface area contributed by atoms with Crippen LogP contribution in [-0.4, -0.2) is 58.7 Å². The maximum atomic E-state index is 14.9. The molecular weight excluding hydrogens is 516 g/mol. The zero-order valence-corrected chi connectivity index (χ0v) is 22.5. The molecule has 13 heteroatoms. The van der Waals surface area contributed by atoms with Gasteiger partial charge in [0.1, 0.15) is 28.7 Å². The highest BCUT2D eigenvalue weighted by molar-refractivity contribution is 7.93. The van der Waals surface area contributed by atoms with E-state index in [9.17, 15) is 17.2 Å². The Hall–Kier alpha value is -3.84. The minimum atomic E-state index is -4.31. The molecule has 0 bridgehead atoms. The SMILES string of the molecule is C=N/C(=N\C=C(C)C)[C@H](OCC)[C@@H](C)S(=O)(=O)Nc1nnc(-c2cncc(C)c2)n1-c1c(F)cccc1F. The van der Waals surface area contributed by atoms with Gasteiger partial charge in [0.05, 0.1) is 0 Å². The summed E-state index contributed by atoms with van der Waals surface area (Å²) in [6.45, 7) is 12.1. The largest absolute Gasteiger partial charge is 0.369 e. The number of nitrogens with one attached hydrogen (secondary N) is 1. The van der Waals surface area contributed by atoms with Gasteiger partial charge >= 0.3 is 0 Å². The van der Waals surface area contributed by atoms with Gasteiger partial charge in [-0.3, -0.25) is 14.3 Å². The van der Waals surface area contributed by atoms with Crippen LogP contribution in [0.4, 0.5) is 14.7 Å². The number of halogens is 2. The van der Waals surface area contributed by atoms with Crippen LogP contribution in [0.3, 0.4) is 0 Å². The summed E-state index contributed by atoms with van der Waals surface area (Å²) in [6.07, 6.45) is 3.44. The summed E-state index contributed by atoms with van der Waals surface area (Å²) < 4.78 is 65.8. The number of amidine groups is 1. The highest BCUT2D eigenvalue weighted by Crippen LogP contribution is 2.30. The molecule has 2 atom stereocenters. The molecule has 202 valence electrons. The van der Waals surface area contributed by atoms with E-state index in [4.69, 9.17) is 4.74 Å². The summed E-state index contributed by atoms with van der Waals surface area (Å²) in [5, 5.41) is 6.69. The van der Waals surface area contributed by atoms with E-state index in [-0.39, 0.29) is 18.3 Å². The molecule has 0 aliphatic rings. The van der Waals surface area contributed by atoms with Gasteiger partial charge in [-0.15, -0.1) is 10.2 Å². The molecule has 10 nitrogen and oxygen atoms in total. The number of rotatable bonds is 10. The van der Waals surface area contributed by atoms with Crippen molar-refractivity contribution in [2.75, 3.05) is 11.3 Å². The van der Waals surface area contributed by atoms with E-state index >= 15 is 0 Å². The van der Waals surface area contributed by atoms with E-state index < -0.39 is 44.6 Å². The van der Waals surface area contributed by atoms with Crippen LogP contribution in [0.15, 0.2) is 58.4 Å². The van der Waals surface area contributed by atoms with Gasteiger partial charge in [-0.1, -0.05) is 11.6 Å². The van der Waals surface area contributed by atoms with Gasteiger partial charge in [-0.2, -0.15) is 0 Å². The average molecular weight is 546 g/mol. The smallest absolute Gasteiger partial charge is 0.243 e. The molecule has 0 saturated carbocycles. The lowest BCUT2D eigenvalue weighted by molar-refractivity contribution is 0.108. The molecule has 0 amide bonds. The van der Waals surface area contributed by atoms with Crippen molar-refractivity contribution in [3.05, 3.63) is 65.6 Å². The molecule has 0 aliphatic heterocycles. The number of benzene rings is 1. The van der Waals surface area contributed by atoms with Crippen molar-refractivity contribution >= 4 is 28.5 Å². The minimum Gasteiger partial charge on any atom is -0.369 e. The number of aromatic nitrogens is 4. The number of anilines is 1. The first kappa shape index (κ1) is 28.7. The summed E-state index contributed by atoms with van der Waals surface area (Å²) in [7, 11) is -4.31. The molecule has 0 saturated heterocycles. The monoisotopic (exact) mass is 545 g/mol. The van der Waals surface area contributed by atoms with E-state index in [0.29, 0.717) is 5.56 Å². The molecule has 3 rings (SSSR count). The average Bonchev–Trinajstić information content (AvgIpc) is 3.25. The van der Waals surface area contributed by atoms with Crippen LogP contribution in [-0.2, 0) is 14.8 Å².